The van der Waals surface area contributed by atoms with Crippen molar-refractivity contribution in [3.63, 3.8) is 0 Å². The van der Waals surface area contributed by atoms with Crippen LogP contribution in [0.3, 0.4) is 0 Å². The van der Waals surface area contributed by atoms with E-state index in [-0.39, 0.29) is 23.7 Å². The average molecular weight is 292 g/mol. The van der Waals surface area contributed by atoms with Crippen LogP contribution < -0.4 is 15.4 Å². The summed E-state index contributed by atoms with van der Waals surface area (Å²) in [7, 11) is 0. The summed E-state index contributed by atoms with van der Waals surface area (Å²) in [6.07, 6.45) is 7.11. The van der Waals surface area contributed by atoms with Gasteiger partial charge in [-0.1, -0.05) is 0 Å². The number of rotatable bonds is 3. The maximum atomic E-state index is 11.8. The Kier molecular flexibility index (Phi) is 4.98. The van der Waals surface area contributed by atoms with Crippen LogP contribution in [0.25, 0.3) is 0 Å². The standard InChI is InChI=1S/C15H24N4O2/c1-15(2,3)19-13(20)18-11-5-7-12(8-6-11)21-14-16-9-4-10-17-14/h4,9-12H,5-8H2,1-3H3,(H2,18,19,20). The van der Waals surface area contributed by atoms with Crippen molar-refractivity contribution in [1.82, 2.24) is 20.6 Å². The highest BCUT2D eigenvalue weighted by molar-refractivity contribution is 5.74. The van der Waals surface area contributed by atoms with Gasteiger partial charge in [0.2, 0.25) is 0 Å². The molecule has 1 aromatic rings. The SMILES string of the molecule is CC(C)(C)NC(=O)NC1CCC(Oc2ncccn2)CC1. The molecule has 0 spiro atoms. The average Bonchev–Trinajstić information content (AvgIpc) is 2.40. The molecule has 1 aliphatic carbocycles. The van der Waals surface area contributed by atoms with Crippen molar-refractivity contribution < 1.29 is 9.53 Å². The molecule has 0 aromatic carbocycles. The number of nitrogens with one attached hydrogen (secondary N) is 2. The predicted molar refractivity (Wildman–Crippen MR) is 80.1 cm³/mol. The number of hydrogen-bond donors (Lipinski definition) is 2. The van der Waals surface area contributed by atoms with E-state index in [2.05, 4.69) is 20.6 Å². The smallest absolute Gasteiger partial charge is 0.316 e. The molecule has 2 amide bonds. The van der Waals surface area contributed by atoms with Crippen LogP contribution in [0.5, 0.6) is 6.01 Å². The van der Waals surface area contributed by atoms with Crippen LogP contribution in [0.1, 0.15) is 46.5 Å². The molecule has 1 aliphatic rings. The zero-order valence-electron chi connectivity index (χ0n) is 12.9. The van der Waals surface area contributed by atoms with Crippen molar-refractivity contribution in [2.45, 2.75) is 64.1 Å². The monoisotopic (exact) mass is 292 g/mol. The second kappa shape index (κ2) is 6.74. The Bertz CT molecular complexity index is 450. The molecule has 21 heavy (non-hydrogen) atoms. The first-order valence-electron chi connectivity index (χ1n) is 7.45. The highest BCUT2D eigenvalue weighted by atomic mass is 16.5. The van der Waals surface area contributed by atoms with Gasteiger partial charge in [-0.3, -0.25) is 0 Å². The van der Waals surface area contributed by atoms with Crippen molar-refractivity contribution >= 4 is 6.03 Å². The summed E-state index contributed by atoms with van der Waals surface area (Å²) < 4.78 is 5.74. The van der Waals surface area contributed by atoms with Crippen LogP contribution in [-0.4, -0.2) is 33.7 Å². The Morgan fingerprint density at radius 2 is 1.81 bits per heavy atom. The molecule has 2 N–H and O–H groups in total. The molecule has 1 saturated carbocycles. The Morgan fingerprint density at radius 1 is 1.19 bits per heavy atom. The first kappa shape index (κ1) is 15.5. The molecule has 1 aromatic heterocycles. The van der Waals surface area contributed by atoms with Gasteiger partial charge in [0, 0.05) is 24.0 Å². The first-order chi connectivity index (χ1) is 9.92. The van der Waals surface area contributed by atoms with E-state index in [0.29, 0.717) is 6.01 Å². The molecule has 0 bridgehead atoms. The third-order valence-electron chi connectivity index (χ3n) is 3.31. The second-order valence-electron chi connectivity index (χ2n) is 6.47. The summed E-state index contributed by atoms with van der Waals surface area (Å²) in [6, 6.07) is 2.31. The molecule has 2 rings (SSSR count). The first-order valence-corrected chi connectivity index (χ1v) is 7.45. The number of amides is 2. The van der Waals surface area contributed by atoms with Crippen LogP contribution >= 0.6 is 0 Å². The van der Waals surface area contributed by atoms with E-state index >= 15 is 0 Å². The van der Waals surface area contributed by atoms with Crippen LogP contribution in [0.2, 0.25) is 0 Å². The Hall–Kier alpha value is -1.85. The van der Waals surface area contributed by atoms with Crippen LogP contribution in [-0.2, 0) is 0 Å². The molecule has 0 saturated heterocycles. The van der Waals surface area contributed by atoms with Gasteiger partial charge in [0.25, 0.3) is 0 Å². The van der Waals surface area contributed by atoms with Gasteiger partial charge in [-0.15, -0.1) is 0 Å². The normalized spacial score (nSPS) is 22.4. The number of carbonyl (C=O) groups is 1. The topological polar surface area (TPSA) is 76.1 Å². The van der Waals surface area contributed by atoms with Crippen molar-refractivity contribution in [2.75, 3.05) is 0 Å². The van der Waals surface area contributed by atoms with Gasteiger partial charge in [-0.2, -0.15) is 0 Å². The molecule has 6 heteroatoms. The third kappa shape index (κ3) is 5.57. The lowest BCUT2D eigenvalue weighted by Crippen LogP contribution is -2.50. The van der Waals surface area contributed by atoms with Gasteiger partial charge >= 0.3 is 12.0 Å². The summed E-state index contributed by atoms with van der Waals surface area (Å²) in [5.41, 5.74) is -0.213. The zero-order valence-corrected chi connectivity index (χ0v) is 12.9. The maximum absolute atomic E-state index is 11.8. The highest BCUT2D eigenvalue weighted by Crippen LogP contribution is 2.22. The largest absolute Gasteiger partial charge is 0.460 e. The van der Waals surface area contributed by atoms with E-state index in [9.17, 15) is 4.79 Å². The summed E-state index contributed by atoms with van der Waals surface area (Å²) >= 11 is 0. The van der Waals surface area contributed by atoms with E-state index in [1.54, 1.807) is 18.5 Å². The molecule has 0 atom stereocenters. The fourth-order valence-electron chi connectivity index (χ4n) is 2.38. The van der Waals surface area contributed by atoms with Gasteiger partial charge in [-0.25, -0.2) is 14.8 Å². The number of nitrogens with zero attached hydrogens (tertiary/aromatic N) is 2. The number of ether oxygens (including phenoxy) is 1. The second-order valence-corrected chi connectivity index (χ2v) is 6.47. The van der Waals surface area contributed by atoms with E-state index in [1.165, 1.54) is 0 Å². The van der Waals surface area contributed by atoms with Crippen molar-refractivity contribution in [1.29, 1.82) is 0 Å². The quantitative estimate of drug-likeness (QED) is 0.896. The number of aromatic nitrogens is 2. The van der Waals surface area contributed by atoms with E-state index in [1.807, 2.05) is 20.8 Å². The van der Waals surface area contributed by atoms with Gasteiger partial charge in [-0.05, 0) is 52.5 Å². The highest BCUT2D eigenvalue weighted by Gasteiger charge is 2.25. The van der Waals surface area contributed by atoms with Gasteiger partial charge < -0.3 is 15.4 Å². The maximum Gasteiger partial charge on any atom is 0.316 e. The molecule has 0 unspecified atom stereocenters. The molecule has 6 nitrogen and oxygen atoms in total. The number of hydrogen-bond acceptors (Lipinski definition) is 4. The molecule has 1 fully saturated rings. The number of carbonyl (C=O) groups excluding carboxylic acids is 1. The molecular weight excluding hydrogens is 268 g/mol. The summed E-state index contributed by atoms with van der Waals surface area (Å²) in [5, 5.41) is 5.94. The van der Waals surface area contributed by atoms with Gasteiger partial charge in [0.15, 0.2) is 0 Å². The van der Waals surface area contributed by atoms with Crippen LogP contribution in [0.4, 0.5) is 4.79 Å². The minimum Gasteiger partial charge on any atom is -0.460 e. The summed E-state index contributed by atoms with van der Waals surface area (Å²) in [5.74, 6) is 0. The minimum absolute atomic E-state index is 0.0988. The molecule has 1 heterocycles. The zero-order chi connectivity index (χ0) is 15.3. The van der Waals surface area contributed by atoms with Crippen molar-refractivity contribution in [3.05, 3.63) is 18.5 Å². The summed E-state index contributed by atoms with van der Waals surface area (Å²) in [6.45, 7) is 5.91. The lowest BCUT2D eigenvalue weighted by molar-refractivity contribution is 0.128. The van der Waals surface area contributed by atoms with E-state index < -0.39 is 0 Å². The Balaban J connectivity index is 1.72. The fraction of sp³-hybridized carbons (Fsp3) is 0.667. The molecule has 116 valence electrons. The Morgan fingerprint density at radius 3 is 2.38 bits per heavy atom. The van der Waals surface area contributed by atoms with Gasteiger partial charge in [0.1, 0.15) is 6.10 Å². The fourth-order valence-corrected chi connectivity index (χ4v) is 2.38. The van der Waals surface area contributed by atoms with Crippen LogP contribution in [0, 0.1) is 0 Å². The van der Waals surface area contributed by atoms with E-state index in [4.69, 9.17) is 4.74 Å². The lowest BCUT2D eigenvalue weighted by Gasteiger charge is -2.30. The number of urea groups is 1. The van der Waals surface area contributed by atoms with Gasteiger partial charge in [0.05, 0.1) is 0 Å². The van der Waals surface area contributed by atoms with Crippen LogP contribution in [0.15, 0.2) is 18.5 Å². The minimum atomic E-state index is -0.213. The third-order valence-corrected chi connectivity index (χ3v) is 3.31. The van der Waals surface area contributed by atoms with Crippen molar-refractivity contribution in [3.8, 4) is 6.01 Å². The summed E-state index contributed by atoms with van der Waals surface area (Å²) in [4.78, 5) is 20.0. The predicted octanol–water partition coefficient (Wildman–Crippen LogP) is 2.26. The van der Waals surface area contributed by atoms with E-state index in [0.717, 1.165) is 25.7 Å². The lowest BCUT2D eigenvalue weighted by atomic mass is 9.93. The molecule has 0 aliphatic heterocycles. The molecule has 0 radical (unpaired) electrons. The molecular formula is C15H24N4O2. The van der Waals surface area contributed by atoms with Crippen molar-refractivity contribution in [2.24, 2.45) is 0 Å². The Labute approximate surface area is 125 Å².